The minimum absolute atomic E-state index is 0.0599. The maximum Gasteiger partial charge on any atom is 0.344 e. The molecule has 8 nitrogen and oxygen atoms in total. The third-order valence-corrected chi connectivity index (χ3v) is 11.2. The lowest BCUT2D eigenvalue weighted by atomic mass is 10.0. The number of hydrogen-bond donors (Lipinski definition) is 0. The number of nitrogens with zero attached hydrogens (tertiary/aromatic N) is 2. The van der Waals surface area contributed by atoms with Crippen LogP contribution in [0.15, 0.2) is 55.4 Å². The van der Waals surface area contributed by atoms with Gasteiger partial charge in [0.25, 0.3) is 0 Å². The van der Waals surface area contributed by atoms with Crippen molar-refractivity contribution >= 4 is 41.8 Å². The van der Waals surface area contributed by atoms with Crippen LogP contribution in [0.5, 0.6) is 0 Å². The van der Waals surface area contributed by atoms with Crippen LogP contribution in [-0.4, -0.2) is 51.6 Å². The van der Waals surface area contributed by atoms with Crippen LogP contribution in [0.2, 0.25) is 0 Å². The van der Waals surface area contributed by atoms with Crippen molar-refractivity contribution in [2.24, 2.45) is 11.8 Å². The molecule has 0 atom stereocenters. The predicted molar refractivity (Wildman–Crippen MR) is 134 cm³/mol. The first-order valence-corrected chi connectivity index (χ1v) is 15.0. The number of fused-ring (bicyclic) bond motifs is 3. The van der Waals surface area contributed by atoms with Crippen molar-refractivity contribution in [1.29, 1.82) is 0 Å². The Morgan fingerprint density at radius 2 is 1.14 bits per heavy atom. The monoisotopic (exact) mass is 518 g/mol. The molecule has 0 unspecified atom stereocenters. The van der Waals surface area contributed by atoms with Crippen molar-refractivity contribution in [2.45, 2.75) is 49.3 Å². The SMILES string of the molecule is CC1CCN(S(=O)(=O)c2ccc3c(c2)oc(=O)c2cc(S(=O)(=O)N4CCC(C)CC4)ccc23)CC1. The molecule has 2 fully saturated rings. The quantitative estimate of drug-likeness (QED) is 0.384. The van der Waals surface area contributed by atoms with Gasteiger partial charge in [-0.15, -0.1) is 0 Å². The number of hydrogen-bond acceptors (Lipinski definition) is 6. The zero-order valence-electron chi connectivity index (χ0n) is 19.9. The normalized spacial score (nSPS) is 20.1. The molecule has 10 heteroatoms. The average molecular weight is 519 g/mol. The molecule has 2 aromatic carbocycles. The van der Waals surface area contributed by atoms with E-state index in [0.29, 0.717) is 48.8 Å². The summed E-state index contributed by atoms with van der Waals surface area (Å²) in [5, 5.41) is 1.24. The van der Waals surface area contributed by atoms with Gasteiger partial charge in [-0.1, -0.05) is 19.9 Å². The maximum absolute atomic E-state index is 13.2. The van der Waals surface area contributed by atoms with E-state index in [1.165, 1.54) is 32.9 Å². The van der Waals surface area contributed by atoms with E-state index < -0.39 is 25.7 Å². The van der Waals surface area contributed by atoms with Crippen molar-refractivity contribution in [3.05, 3.63) is 46.8 Å². The van der Waals surface area contributed by atoms with E-state index in [1.54, 1.807) is 12.1 Å². The summed E-state index contributed by atoms with van der Waals surface area (Å²) >= 11 is 0. The second-order valence-electron chi connectivity index (χ2n) is 9.93. The first-order valence-electron chi connectivity index (χ1n) is 12.1. The lowest BCUT2D eigenvalue weighted by Crippen LogP contribution is -2.37. The molecule has 5 rings (SSSR count). The molecule has 0 bridgehead atoms. The molecule has 0 N–H and O–H groups in total. The highest BCUT2D eigenvalue weighted by molar-refractivity contribution is 7.89. The number of piperidine rings is 2. The minimum atomic E-state index is -3.72. The molecular weight excluding hydrogens is 488 g/mol. The lowest BCUT2D eigenvalue weighted by molar-refractivity contribution is 0.287. The van der Waals surface area contributed by atoms with Crippen molar-refractivity contribution < 1.29 is 21.3 Å². The van der Waals surface area contributed by atoms with Crippen molar-refractivity contribution in [3.63, 3.8) is 0 Å². The average Bonchev–Trinajstić information content (AvgIpc) is 2.84. The lowest BCUT2D eigenvalue weighted by Gasteiger charge is -2.29. The molecule has 0 amide bonds. The summed E-state index contributed by atoms with van der Waals surface area (Å²) in [4.78, 5) is 13.0. The topological polar surface area (TPSA) is 105 Å². The summed E-state index contributed by atoms with van der Waals surface area (Å²) in [6.45, 7) is 6.08. The minimum Gasteiger partial charge on any atom is -0.422 e. The highest BCUT2D eigenvalue weighted by Crippen LogP contribution is 2.31. The Labute approximate surface area is 205 Å². The Hall–Kier alpha value is -2.27. The second-order valence-corrected chi connectivity index (χ2v) is 13.8. The van der Waals surface area contributed by atoms with Crippen LogP contribution in [0.25, 0.3) is 21.7 Å². The molecule has 35 heavy (non-hydrogen) atoms. The summed E-state index contributed by atoms with van der Waals surface area (Å²) in [6, 6.07) is 9.02. The summed E-state index contributed by atoms with van der Waals surface area (Å²) in [5.74, 6) is 0.985. The van der Waals surface area contributed by atoms with Crippen molar-refractivity contribution in [3.8, 4) is 0 Å². The molecule has 1 aromatic heterocycles. The number of sulfonamides is 2. The Balaban J connectivity index is 1.53. The van der Waals surface area contributed by atoms with E-state index in [0.717, 1.165) is 25.7 Å². The van der Waals surface area contributed by atoms with Gasteiger partial charge in [-0.25, -0.2) is 21.6 Å². The molecule has 0 radical (unpaired) electrons. The molecular formula is C25H30N2O6S2. The Morgan fingerprint density at radius 1 is 0.686 bits per heavy atom. The fourth-order valence-corrected chi connectivity index (χ4v) is 7.94. The van der Waals surface area contributed by atoms with Crippen molar-refractivity contribution in [1.82, 2.24) is 8.61 Å². The smallest absolute Gasteiger partial charge is 0.344 e. The summed E-state index contributed by atoms with van der Waals surface area (Å²) in [5.41, 5.74) is -0.535. The van der Waals surface area contributed by atoms with E-state index in [2.05, 4.69) is 13.8 Å². The van der Waals surface area contributed by atoms with Crippen molar-refractivity contribution in [2.75, 3.05) is 26.2 Å². The van der Waals surface area contributed by atoms with Gasteiger partial charge in [0.2, 0.25) is 20.0 Å². The van der Waals surface area contributed by atoms with Gasteiger partial charge in [-0.3, -0.25) is 0 Å². The summed E-state index contributed by atoms with van der Waals surface area (Å²) in [7, 11) is -7.42. The Kier molecular flexibility index (Phi) is 6.27. The molecule has 0 spiro atoms. The van der Waals surface area contributed by atoms with E-state index in [-0.39, 0.29) is 20.8 Å². The number of benzene rings is 2. The second kappa shape index (κ2) is 8.99. The van der Waals surface area contributed by atoms with Gasteiger partial charge in [0.1, 0.15) is 5.58 Å². The largest absolute Gasteiger partial charge is 0.422 e. The summed E-state index contributed by atoms with van der Waals surface area (Å²) < 4.78 is 61.1. The highest BCUT2D eigenvalue weighted by atomic mass is 32.2. The van der Waals surface area contributed by atoms with Crippen LogP contribution >= 0.6 is 0 Å². The van der Waals surface area contributed by atoms with E-state index in [9.17, 15) is 21.6 Å². The molecule has 2 aliphatic heterocycles. The van der Waals surface area contributed by atoms with Gasteiger partial charge in [0.15, 0.2) is 0 Å². The predicted octanol–water partition coefficient (Wildman–Crippen LogP) is 3.79. The Bertz CT molecular complexity index is 1550. The van der Waals surface area contributed by atoms with Crippen LogP contribution in [0, 0.1) is 11.8 Å². The van der Waals surface area contributed by atoms with Crippen LogP contribution in [0.4, 0.5) is 0 Å². The molecule has 188 valence electrons. The maximum atomic E-state index is 13.2. The third kappa shape index (κ3) is 4.41. The molecule has 2 aliphatic rings. The van der Waals surface area contributed by atoms with Gasteiger partial charge in [0.05, 0.1) is 15.2 Å². The van der Waals surface area contributed by atoms with E-state index >= 15 is 0 Å². The van der Waals surface area contributed by atoms with Gasteiger partial charge in [0, 0.05) is 43.0 Å². The fraction of sp³-hybridized carbons (Fsp3) is 0.480. The number of rotatable bonds is 4. The molecule has 0 aliphatic carbocycles. The van der Waals surface area contributed by atoms with Crippen LogP contribution in [0.1, 0.15) is 39.5 Å². The van der Waals surface area contributed by atoms with Crippen LogP contribution in [-0.2, 0) is 20.0 Å². The van der Waals surface area contributed by atoms with E-state index in [4.69, 9.17) is 4.42 Å². The fourth-order valence-electron chi connectivity index (χ4n) is 4.96. The molecule has 3 aromatic rings. The first-order chi connectivity index (χ1) is 16.6. The van der Waals surface area contributed by atoms with Gasteiger partial charge < -0.3 is 4.42 Å². The first kappa shape index (κ1) is 24.4. The Morgan fingerprint density at radius 3 is 1.66 bits per heavy atom. The molecule has 3 heterocycles. The molecule has 0 saturated carbocycles. The van der Waals surface area contributed by atoms with Gasteiger partial charge in [-0.2, -0.15) is 8.61 Å². The van der Waals surface area contributed by atoms with Crippen LogP contribution in [0.3, 0.4) is 0 Å². The zero-order valence-corrected chi connectivity index (χ0v) is 21.6. The highest BCUT2D eigenvalue weighted by Gasteiger charge is 2.30. The van der Waals surface area contributed by atoms with E-state index in [1.807, 2.05) is 0 Å². The van der Waals surface area contributed by atoms with Crippen LogP contribution < -0.4 is 5.63 Å². The third-order valence-electron chi connectivity index (χ3n) is 7.42. The van der Waals surface area contributed by atoms with Gasteiger partial charge in [-0.05, 0) is 61.8 Å². The zero-order chi connectivity index (χ0) is 25.0. The summed E-state index contributed by atoms with van der Waals surface area (Å²) in [6.07, 6.45) is 3.24. The van der Waals surface area contributed by atoms with Gasteiger partial charge >= 0.3 is 5.63 Å². The standard InChI is InChI=1S/C25H30N2O6S2/c1-17-7-11-26(12-8-17)34(29,30)19-3-5-21-22-6-4-20(16-24(22)33-25(28)23(21)15-19)35(31,32)27-13-9-18(2)10-14-27/h3-6,15-18H,7-14H2,1-2H3. The molecule has 2 saturated heterocycles.